The number of aryl methyl sites for hydroxylation is 1. The van der Waals surface area contributed by atoms with Crippen molar-refractivity contribution in [2.75, 3.05) is 12.4 Å². The minimum atomic E-state index is -0.467. The first kappa shape index (κ1) is 22.1. The maximum Gasteiger partial charge on any atom is 0.350 e. The summed E-state index contributed by atoms with van der Waals surface area (Å²) in [6.45, 7) is 3.99. The van der Waals surface area contributed by atoms with Crippen LogP contribution >= 0.6 is 0 Å². The van der Waals surface area contributed by atoms with E-state index in [0.29, 0.717) is 40.3 Å². The Balaban J connectivity index is 1.59. The molecule has 2 N–H and O–H groups in total. The van der Waals surface area contributed by atoms with Gasteiger partial charge in [0.25, 0.3) is 5.91 Å². The maximum atomic E-state index is 13.1. The largest absolute Gasteiger partial charge is 0.465 e. The molecule has 4 rings (SSSR count). The average molecular weight is 447 g/mol. The van der Waals surface area contributed by atoms with Gasteiger partial charge in [0.05, 0.1) is 19.2 Å². The molecule has 0 atom stereocenters. The van der Waals surface area contributed by atoms with Gasteiger partial charge in [-0.3, -0.25) is 9.20 Å². The highest BCUT2D eigenvalue weighted by Gasteiger charge is 2.24. The number of pyridine rings is 1. The summed E-state index contributed by atoms with van der Waals surface area (Å²) >= 11 is 0. The monoisotopic (exact) mass is 447 g/mol. The van der Waals surface area contributed by atoms with Crippen molar-refractivity contribution in [3.05, 3.63) is 87.2 Å². The number of hydrogen-bond donors (Lipinski definition) is 2. The Morgan fingerprint density at radius 3 is 2.73 bits per heavy atom. The van der Waals surface area contributed by atoms with Gasteiger partial charge in [-0.25, -0.2) is 14.3 Å². The van der Waals surface area contributed by atoms with Crippen molar-refractivity contribution in [2.45, 2.75) is 33.2 Å². The molecule has 1 amide bonds. The van der Waals surface area contributed by atoms with Gasteiger partial charge in [0.15, 0.2) is 5.65 Å². The van der Waals surface area contributed by atoms with Crippen LogP contribution in [0.5, 0.6) is 0 Å². The van der Waals surface area contributed by atoms with Crippen molar-refractivity contribution in [3.8, 4) is 0 Å². The second-order valence-corrected chi connectivity index (χ2v) is 7.74. The highest BCUT2D eigenvalue weighted by molar-refractivity contribution is 6.07. The summed E-state index contributed by atoms with van der Waals surface area (Å²) in [5.74, 6) is -0.815. The minimum absolute atomic E-state index is 0.235. The lowest BCUT2D eigenvalue weighted by atomic mass is 10.0. The van der Waals surface area contributed by atoms with Crippen LogP contribution in [0, 0.1) is 6.92 Å². The van der Waals surface area contributed by atoms with Crippen LogP contribution in [-0.2, 0) is 17.7 Å². The van der Waals surface area contributed by atoms with Crippen LogP contribution in [0.3, 0.4) is 0 Å². The molecule has 1 aromatic carbocycles. The van der Waals surface area contributed by atoms with Crippen LogP contribution in [0.25, 0.3) is 5.65 Å². The molecule has 0 bridgehead atoms. The Kier molecular flexibility index (Phi) is 6.12. The molecule has 0 unspecified atom stereocenters. The van der Waals surface area contributed by atoms with Crippen LogP contribution in [0.4, 0.5) is 5.69 Å². The zero-order valence-corrected chi connectivity index (χ0v) is 18.7. The van der Waals surface area contributed by atoms with E-state index in [1.54, 1.807) is 43.5 Å². The number of fused-ring (bicyclic) bond motifs is 1. The summed E-state index contributed by atoms with van der Waals surface area (Å²) in [4.78, 5) is 40.9. The number of nitrogens with zero attached hydrogens (tertiary/aromatic N) is 3. The number of esters is 1. The Morgan fingerprint density at radius 2 is 2.00 bits per heavy atom. The molecule has 0 saturated carbocycles. The Labute approximate surface area is 190 Å². The highest BCUT2D eigenvalue weighted by Crippen LogP contribution is 2.23. The second kappa shape index (κ2) is 9.15. The van der Waals surface area contributed by atoms with Gasteiger partial charge in [-0.2, -0.15) is 0 Å². The molecular formula is C24H25N5O4. The van der Waals surface area contributed by atoms with E-state index >= 15 is 0 Å². The fourth-order valence-electron chi connectivity index (χ4n) is 3.93. The van der Waals surface area contributed by atoms with E-state index in [1.807, 2.05) is 19.1 Å². The first-order chi connectivity index (χ1) is 15.9. The molecule has 9 heteroatoms. The summed E-state index contributed by atoms with van der Waals surface area (Å²) in [5.41, 5.74) is 3.71. The first-order valence-corrected chi connectivity index (χ1v) is 10.7. The van der Waals surface area contributed by atoms with Gasteiger partial charge in [-0.1, -0.05) is 31.5 Å². The minimum Gasteiger partial charge on any atom is -0.465 e. The van der Waals surface area contributed by atoms with Crippen LogP contribution in [0.2, 0.25) is 0 Å². The molecule has 0 aliphatic heterocycles. The second-order valence-electron chi connectivity index (χ2n) is 7.74. The van der Waals surface area contributed by atoms with E-state index in [4.69, 9.17) is 4.74 Å². The van der Waals surface area contributed by atoms with Gasteiger partial charge in [0, 0.05) is 17.6 Å². The fraction of sp³-hybridized carbons (Fsp3) is 0.250. The Bertz CT molecular complexity index is 1400. The van der Waals surface area contributed by atoms with Crippen molar-refractivity contribution in [1.82, 2.24) is 19.2 Å². The average Bonchev–Trinajstić information content (AvgIpc) is 3.30. The van der Waals surface area contributed by atoms with Crippen molar-refractivity contribution in [1.29, 1.82) is 0 Å². The molecule has 3 aromatic heterocycles. The smallest absolute Gasteiger partial charge is 0.350 e. The standard InChI is InChI=1S/C24H25N5O4/c1-4-8-18-20(23(31)33-3)15(2)25-21(18)22(30)26-17-10-7-9-16(13-17)14-29-24(32)28-12-6-5-11-19(28)27-29/h5-7,9-13,25H,4,8,14H2,1-3H3,(H,26,30). The summed E-state index contributed by atoms with van der Waals surface area (Å²) < 4.78 is 7.75. The van der Waals surface area contributed by atoms with Crippen molar-refractivity contribution < 1.29 is 14.3 Å². The quantitative estimate of drug-likeness (QED) is 0.423. The molecule has 170 valence electrons. The van der Waals surface area contributed by atoms with Gasteiger partial charge in [-0.15, -0.1) is 5.10 Å². The number of anilines is 1. The molecule has 3 heterocycles. The van der Waals surface area contributed by atoms with Gasteiger partial charge < -0.3 is 15.0 Å². The van der Waals surface area contributed by atoms with Gasteiger partial charge in [0.1, 0.15) is 5.69 Å². The van der Waals surface area contributed by atoms with E-state index in [9.17, 15) is 14.4 Å². The predicted molar refractivity (Wildman–Crippen MR) is 124 cm³/mol. The Morgan fingerprint density at radius 1 is 1.18 bits per heavy atom. The van der Waals surface area contributed by atoms with Gasteiger partial charge in [-0.05, 0) is 48.7 Å². The molecule has 0 saturated heterocycles. The number of methoxy groups -OCH3 is 1. The molecular weight excluding hydrogens is 422 g/mol. The van der Waals surface area contributed by atoms with Crippen LogP contribution < -0.4 is 11.0 Å². The normalized spacial score (nSPS) is 11.0. The number of carbonyl (C=O) groups is 2. The Hall–Kier alpha value is -4.14. The van der Waals surface area contributed by atoms with E-state index in [-0.39, 0.29) is 18.1 Å². The van der Waals surface area contributed by atoms with E-state index in [0.717, 1.165) is 12.0 Å². The number of nitrogens with one attached hydrogen (secondary N) is 2. The number of ether oxygens (including phenoxy) is 1. The summed E-state index contributed by atoms with van der Waals surface area (Å²) in [5, 5.41) is 7.23. The van der Waals surface area contributed by atoms with Crippen molar-refractivity contribution in [3.63, 3.8) is 0 Å². The van der Waals surface area contributed by atoms with Gasteiger partial charge in [0.2, 0.25) is 0 Å². The number of aromatic amines is 1. The summed E-state index contributed by atoms with van der Waals surface area (Å²) in [6.07, 6.45) is 3.01. The van der Waals surface area contributed by atoms with E-state index in [1.165, 1.54) is 16.2 Å². The molecule has 0 spiro atoms. The molecule has 0 aliphatic carbocycles. The fourth-order valence-corrected chi connectivity index (χ4v) is 3.93. The topological polar surface area (TPSA) is 110 Å². The molecule has 4 aromatic rings. The zero-order valence-electron chi connectivity index (χ0n) is 18.7. The molecule has 33 heavy (non-hydrogen) atoms. The summed E-state index contributed by atoms with van der Waals surface area (Å²) in [7, 11) is 1.32. The number of aromatic nitrogens is 4. The van der Waals surface area contributed by atoms with Crippen LogP contribution in [0.1, 0.15) is 51.0 Å². The third-order valence-corrected chi connectivity index (χ3v) is 5.41. The molecule has 0 radical (unpaired) electrons. The van der Waals surface area contributed by atoms with Gasteiger partial charge >= 0.3 is 11.7 Å². The number of benzene rings is 1. The van der Waals surface area contributed by atoms with Crippen LogP contribution in [0.15, 0.2) is 53.5 Å². The zero-order chi connectivity index (χ0) is 23.5. The lowest BCUT2D eigenvalue weighted by Gasteiger charge is -2.09. The number of carbonyl (C=O) groups excluding carboxylic acids is 2. The molecule has 0 fully saturated rings. The highest BCUT2D eigenvalue weighted by atomic mass is 16.5. The maximum absolute atomic E-state index is 13.1. The van der Waals surface area contributed by atoms with Crippen molar-refractivity contribution in [2.24, 2.45) is 0 Å². The third-order valence-electron chi connectivity index (χ3n) is 5.41. The first-order valence-electron chi connectivity index (χ1n) is 10.7. The predicted octanol–water partition coefficient (Wildman–Crippen LogP) is 3.17. The number of hydrogen-bond acceptors (Lipinski definition) is 5. The van der Waals surface area contributed by atoms with E-state index in [2.05, 4.69) is 15.4 Å². The lowest BCUT2D eigenvalue weighted by Crippen LogP contribution is -2.21. The summed E-state index contributed by atoms with van der Waals surface area (Å²) in [6, 6.07) is 12.6. The lowest BCUT2D eigenvalue weighted by molar-refractivity contribution is 0.0599. The third kappa shape index (κ3) is 4.30. The molecule has 0 aliphatic rings. The number of H-pyrrole nitrogens is 1. The molecule has 9 nitrogen and oxygen atoms in total. The van der Waals surface area contributed by atoms with E-state index < -0.39 is 5.97 Å². The SMILES string of the molecule is CCCc1c(C(=O)Nc2cccc(Cn3nc4ccccn4c3=O)c2)[nH]c(C)c1C(=O)OC. The van der Waals surface area contributed by atoms with Crippen LogP contribution in [-0.4, -0.2) is 38.2 Å². The number of rotatable bonds is 7. The number of amides is 1. The van der Waals surface area contributed by atoms with Crippen molar-refractivity contribution >= 4 is 23.2 Å².